The molecule has 9 heteroatoms. The van der Waals surface area contributed by atoms with Gasteiger partial charge in [-0.15, -0.1) is 0 Å². The van der Waals surface area contributed by atoms with Crippen molar-refractivity contribution in [3.63, 3.8) is 0 Å². The number of nitrogens with zero attached hydrogens (tertiary/aromatic N) is 1. The zero-order valence-corrected chi connectivity index (χ0v) is 16.6. The number of esters is 1. The maximum absolute atomic E-state index is 12.1. The van der Waals surface area contributed by atoms with Gasteiger partial charge in [0, 0.05) is 23.2 Å². The van der Waals surface area contributed by atoms with Crippen molar-refractivity contribution in [3.05, 3.63) is 39.4 Å². The summed E-state index contributed by atoms with van der Waals surface area (Å²) in [5, 5.41) is 16.1. The van der Waals surface area contributed by atoms with Gasteiger partial charge in [-0.3, -0.25) is 24.5 Å². The summed E-state index contributed by atoms with van der Waals surface area (Å²) in [5.41, 5.74) is 0.454. The first kappa shape index (κ1) is 22.3. The van der Waals surface area contributed by atoms with E-state index in [0.717, 1.165) is 25.7 Å². The number of hydrogen-bond donors (Lipinski definition) is 2. The Labute approximate surface area is 169 Å². The molecule has 0 atom stereocenters. The molecule has 29 heavy (non-hydrogen) atoms. The number of carbonyl (C=O) groups is 3. The Morgan fingerprint density at radius 1 is 1.14 bits per heavy atom. The number of benzene rings is 1. The number of aryl methyl sites for hydroxylation is 1. The number of ether oxygens (including phenoxy) is 1. The molecule has 158 valence electrons. The molecule has 1 fully saturated rings. The lowest BCUT2D eigenvalue weighted by molar-refractivity contribution is -0.385. The van der Waals surface area contributed by atoms with Crippen molar-refractivity contribution in [2.24, 2.45) is 0 Å². The summed E-state index contributed by atoms with van der Waals surface area (Å²) in [4.78, 5) is 46.1. The summed E-state index contributed by atoms with van der Waals surface area (Å²) in [6, 6.07) is 4.05. The molecule has 0 bridgehead atoms. The largest absolute Gasteiger partial charge is 0.454 e. The first-order chi connectivity index (χ1) is 13.9. The number of rotatable bonds is 7. The fourth-order valence-electron chi connectivity index (χ4n) is 3.32. The van der Waals surface area contributed by atoms with Gasteiger partial charge in [-0.05, 0) is 31.9 Å². The number of nitro benzene ring substituents is 1. The molecule has 0 aliphatic heterocycles. The SMILES string of the molecule is Cc1cc(C(=O)NCC(=O)OCC(=O)NC2CCCCCCC2)ccc1[N+](=O)[O-]. The predicted molar refractivity (Wildman–Crippen MR) is 105 cm³/mol. The van der Waals surface area contributed by atoms with Crippen molar-refractivity contribution >= 4 is 23.5 Å². The van der Waals surface area contributed by atoms with Crippen LogP contribution in [0.15, 0.2) is 18.2 Å². The van der Waals surface area contributed by atoms with Gasteiger partial charge < -0.3 is 15.4 Å². The van der Waals surface area contributed by atoms with E-state index < -0.39 is 23.3 Å². The van der Waals surface area contributed by atoms with Crippen LogP contribution in [0.25, 0.3) is 0 Å². The van der Waals surface area contributed by atoms with Crippen LogP contribution >= 0.6 is 0 Å². The van der Waals surface area contributed by atoms with Crippen molar-refractivity contribution in [2.75, 3.05) is 13.2 Å². The van der Waals surface area contributed by atoms with Crippen molar-refractivity contribution in [1.82, 2.24) is 10.6 Å². The average Bonchev–Trinajstić information content (AvgIpc) is 2.66. The van der Waals surface area contributed by atoms with Gasteiger partial charge in [0.2, 0.25) is 0 Å². The molecule has 2 amide bonds. The summed E-state index contributed by atoms with van der Waals surface area (Å²) >= 11 is 0. The van der Waals surface area contributed by atoms with Crippen molar-refractivity contribution in [3.8, 4) is 0 Å². The van der Waals surface area contributed by atoms with Gasteiger partial charge in [0.25, 0.3) is 17.5 Å². The van der Waals surface area contributed by atoms with E-state index in [9.17, 15) is 24.5 Å². The normalized spacial score (nSPS) is 14.9. The van der Waals surface area contributed by atoms with Gasteiger partial charge in [0.05, 0.1) is 4.92 Å². The molecule has 2 N–H and O–H groups in total. The Balaban J connectivity index is 1.72. The molecule has 1 aliphatic carbocycles. The molecule has 2 rings (SSSR count). The summed E-state index contributed by atoms with van der Waals surface area (Å²) < 4.78 is 4.91. The molecule has 9 nitrogen and oxygen atoms in total. The highest BCUT2D eigenvalue weighted by molar-refractivity contribution is 5.96. The minimum Gasteiger partial charge on any atom is -0.454 e. The smallest absolute Gasteiger partial charge is 0.325 e. The molecule has 0 radical (unpaired) electrons. The molecule has 1 aromatic rings. The van der Waals surface area contributed by atoms with Crippen LogP contribution in [-0.2, 0) is 14.3 Å². The fourth-order valence-corrected chi connectivity index (χ4v) is 3.32. The zero-order valence-electron chi connectivity index (χ0n) is 16.6. The molecular formula is C20H27N3O6. The maximum Gasteiger partial charge on any atom is 0.325 e. The molecule has 1 aromatic carbocycles. The number of nitrogens with one attached hydrogen (secondary N) is 2. The van der Waals surface area contributed by atoms with Crippen LogP contribution in [-0.4, -0.2) is 41.9 Å². The number of nitro groups is 1. The number of hydrogen-bond acceptors (Lipinski definition) is 6. The molecule has 0 spiro atoms. The summed E-state index contributed by atoms with van der Waals surface area (Å²) in [6.07, 6.45) is 7.63. The van der Waals surface area contributed by atoms with E-state index in [2.05, 4.69) is 10.6 Å². The quantitative estimate of drug-likeness (QED) is 0.407. The Bertz CT molecular complexity index is 757. The highest BCUT2D eigenvalue weighted by Gasteiger charge is 2.17. The van der Waals surface area contributed by atoms with Crippen LogP contribution < -0.4 is 10.6 Å². The molecule has 0 unspecified atom stereocenters. The lowest BCUT2D eigenvalue weighted by Gasteiger charge is -2.20. The van der Waals surface area contributed by atoms with Gasteiger partial charge in [0.1, 0.15) is 6.54 Å². The summed E-state index contributed by atoms with van der Waals surface area (Å²) in [5.74, 6) is -1.63. The van der Waals surface area contributed by atoms with Crippen LogP contribution in [0.4, 0.5) is 5.69 Å². The molecule has 0 aromatic heterocycles. The first-order valence-corrected chi connectivity index (χ1v) is 9.85. The Hall–Kier alpha value is -2.97. The van der Waals surface area contributed by atoms with Crippen LogP contribution in [0.1, 0.15) is 60.9 Å². The molecule has 0 heterocycles. The highest BCUT2D eigenvalue weighted by atomic mass is 16.6. The number of carbonyl (C=O) groups excluding carboxylic acids is 3. The van der Waals surface area contributed by atoms with Crippen LogP contribution in [0, 0.1) is 17.0 Å². The standard InChI is InChI=1S/C20H27N3O6/c1-14-11-15(9-10-17(14)23(27)28)20(26)21-12-19(25)29-13-18(24)22-16-7-5-3-2-4-6-8-16/h9-11,16H,2-8,12-13H2,1H3,(H,21,26)(H,22,24). The maximum atomic E-state index is 12.1. The Morgan fingerprint density at radius 3 is 2.41 bits per heavy atom. The second-order valence-corrected chi connectivity index (χ2v) is 7.21. The monoisotopic (exact) mass is 405 g/mol. The van der Waals surface area contributed by atoms with E-state index in [0.29, 0.717) is 5.56 Å². The minimum absolute atomic E-state index is 0.0868. The van der Waals surface area contributed by atoms with Crippen LogP contribution in [0.3, 0.4) is 0 Å². The molecular weight excluding hydrogens is 378 g/mol. The summed E-state index contributed by atoms with van der Waals surface area (Å²) in [7, 11) is 0. The van der Waals surface area contributed by atoms with Gasteiger partial charge in [-0.25, -0.2) is 0 Å². The average molecular weight is 405 g/mol. The topological polar surface area (TPSA) is 128 Å². The van der Waals surface area contributed by atoms with E-state index >= 15 is 0 Å². The molecule has 1 aliphatic rings. The van der Waals surface area contributed by atoms with E-state index in [1.807, 2.05) is 0 Å². The van der Waals surface area contributed by atoms with Crippen molar-refractivity contribution in [1.29, 1.82) is 0 Å². The summed E-state index contributed by atoms with van der Waals surface area (Å²) in [6.45, 7) is 0.741. The van der Waals surface area contributed by atoms with E-state index in [4.69, 9.17) is 4.74 Å². The lowest BCUT2D eigenvalue weighted by Crippen LogP contribution is -2.39. The van der Waals surface area contributed by atoms with Crippen molar-refractivity contribution in [2.45, 2.75) is 57.9 Å². The molecule has 0 saturated heterocycles. The Kier molecular flexibility index (Phi) is 8.57. The van der Waals surface area contributed by atoms with E-state index in [1.54, 1.807) is 0 Å². The fraction of sp³-hybridized carbons (Fsp3) is 0.550. The second kappa shape index (κ2) is 11.1. The minimum atomic E-state index is -0.732. The third-order valence-electron chi connectivity index (χ3n) is 4.88. The Morgan fingerprint density at radius 2 is 1.79 bits per heavy atom. The van der Waals surface area contributed by atoms with Crippen LogP contribution in [0.5, 0.6) is 0 Å². The highest BCUT2D eigenvalue weighted by Crippen LogP contribution is 2.19. The second-order valence-electron chi connectivity index (χ2n) is 7.21. The first-order valence-electron chi connectivity index (χ1n) is 9.85. The van der Waals surface area contributed by atoms with Crippen molar-refractivity contribution < 1.29 is 24.0 Å². The van der Waals surface area contributed by atoms with Gasteiger partial charge in [0.15, 0.2) is 6.61 Å². The third-order valence-corrected chi connectivity index (χ3v) is 4.88. The lowest BCUT2D eigenvalue weighted by atomic mass is 9.97. The molecule has 1 saturated carbocycles. The predicted octanol–water partition coefficient (Wildman–Crippen LogP) is 2.41. The number of amides is 2. The zero-order chi connectivity index (χ0) is 21.2. The van der Waals surface area contributed by atoms with E-state index in [1.165, 1.54) is 44.4 Å². The van der Waals surface area contributed by atoms with Gasteiger partial charge >= 0.3 is 5.97 Å². The van der Waals surface area contributed by atoms with Gasteiger partial charge in [-0.1, -0.05) is 32.1 Å². The third kappa shape index (κ3) is 7.52. The van der Waals surface area contributed by atoms with E-state index in [-0.39, 0.29) is 29.8 Å². The van der Waals surface area contributed by atoms with Crippen LogP contribution in [0.2, 0.25) is 0 Å². The van der Waals surface area contributed by atoms with Gasteiger partial charge in [-0.2, -0.15) is 0 Å².